The third-order valence-corrected chi connectivity index (χ3v) is 2.22. The number of aryl methyl sites for hydroxylation is 2. The molecule has 0 fully saturated rings. The Morgan fingerprint density at radius 1 is 1.43 bits per heavy atom. The van der Waals surface area contributed by atoms with E-state index in [-0.39, 0.29) is 0 Å². The van der Waals surface area contributed by atoms with Crippen molar-refractivity contribution >= 4 is 5.82 Å². The van der Waals surface area contributed by atoms with E-state index < -0.39 is 0 Å². The molecule has 1 rings (SSSR count). The first kappa shape index (κ1) is 11.0. The second-order valence-corrected chi connectivity index (χ2v) is 3.54. The van der Waals surface area contributed by atoms with Gasteiger partial charge in [0.2, 0.25) is 0 Å². The van der Waals surface area contributed by atoms with Crippen molar-refractivity contribution in [3.63, 3.8) is 0 Å². The van der Waals surface area contributed by atoms with Crippen molar-refractivity contribution in [2.24, 2.45) is 5.73 Å². The van der Waals surface area contributed by atoms with Gasteiger partial charge in [0.1, 0.15) is 5.82 Å². The molecule has 0 bridgehead atoms. The molecule has 0 radical (unpaired) electrons. The monoisotopic (exact) mass is 193 g/mol. The van der Waals surface area contributed by atoms with Crippen molar-refractivity contribution in [3.05, 3.63) is 22.9 Å². The van der Waals surface area contributed by atoms with Gasteiger partial charge in [-0.15, -0.1) is 0 Å². The highest BCUT2D eigenvalue weighted by molar-refractivity contribution is 5.49. The average Bonchev–Trinajstić information content (AvgIpc) is 2.14. The van der Waals surface area contributed by atoms with E-state index in [0.29, 0.717) is 6.54 Å². The van der Waals surface area contributed by atoms with Gasteiger partial charge in [-0.2, -0.15) is 0 Å². The molecule has 0 saturated carbocycles. The Kier molecular flexibility index (Phi) is 3.89. The van der Waals surface area contributed by atoms with Crippen molar-refractivity contribution in [1.82, 2.24) is 4.98 Å². The summed E-state index contributed by atoms with van der Waals surface area (Å²) >= 11 is 0. The van der Waals surface area contributed by atoms with Crippen LogP contribution in [0.25, 0.3) is 0 Å². The minimum Gasteiger partial charge on any atom is -0.370 e. The van der Waals surface area contributed by atoms with E-state index in [1.165, 1.54) is 5.56 Å². The van der Waals surface area contributed by atoms with Crippen LogP contribution in [0.3, 0.4) is 0 Å². The van der Waals surface area contributed by atoms with Gasteiger partial charge in [-0.05, 0) is 31.9 Å². The SMILES string of the molecule is CCCNc1nc(C)cc(C)c1CN. The van der Waals surface area contributed by atoms with Crippen LogP contribution in [0, 0.1) is 13.8 Å². The summed E-state index contributed by atoms with van der Waals surface area (Å²) in [6, 6.07) is 2.07. The number of hydrogen-bond acceptors (Lipinski definition) is 3. The van der Waals surface area contributed by atoms with Crippen molar-refractivity contribution in [3.8, 4) is 0 Å². The summed E-state index contributed by atoms with van der Waals surface area (Å²) in [5.41, 5.74) is 9.08. The van der Waals surface area contributed by atoms with E-state index in [0.717, 1.165) is 30.0 Å². The Morgan fingerprint density at radius 3 is 2.71 bits per heavy atom. The van der Waals surface area contributed by atoms with Gasteiger partial charge in [0, 0.05) is 24.3 Å². The van der Waals surface area contributed by atoms with Crippen LogP contribution in [0.4, 0.5) is 5.82 Å². The first-order chi connectivity index (χ1) is 6.69. The van der Waals surface area contributed by atoms with E-state index in [1.54, 1.807) is 0 Å². The molecule has 1 aromatic heterocycles. The maximum absolute atomic E-state index is 5.69. The fraction of sp³-hybridized carbons (Fsp3) is 0.545. The first-order valence-electron chi connectivity index (χ1n) is 5.10. The van der Waals surface area contributed by atoms with E-state index in [9.17, 15) is 0 Å². The zero-order chi connectivity index (χ0) is 10.6. The second kappa shape index (κ2) is 4.96. The Balaban J connectivity index is 2.99. The fourth-order valence-electron chi connectivity index (χ4n) is 1.51. The summed E-state index contributed by atoms with van der Waals surface area (Å²) < 4.78 is 0. The summed E-state index contributed by atoms with van der Waals surface area (Å²) in [5.74, 6) is 0.951. The number of pyridine rings is 1. The highest BCUT2D eigenvalue weighted by Gasteiger charge is 2.05. The minimum atomic E-state index is 0.547. The molecule has 0 spiro atoms. The summed E-state index contributed by atoms with van der Waals surface area (Å²) in [6.45, 7) is 7.71. The lowest BCUT2D eigenvalue weighted by molar-refractivity contribution is 0.941. The maximum Gasteiger partial charge on any atom is 0.131 e. The Bertz CT molecular complexity index is 308. The summed E-state index contributed by atoms with van der Waals surface area (Å²) in [4.78, 5) is 4.45. The molecule has 0 aliphatic rings. The molecule has 0 aliphatic heterocycles. The normalized spacial score (nSPS) is 10.3. The maximum atomic E-state index is 5.69. The van der Waals surface area contributed by atoms with Crippen molar-refractivity contribution in [1.29, 1.82) is 0 Å². The van der Waals surface area contributed by atoms with Crippen LogP contribution in [-0.2, 0) is 6.54 Å². The van der Waals surface area contributed by atoms with Crippen LogP contribution >= 0.6 is 0 Å². The van der Waals surface area contributed by atoms with Gasteiger partial charge < -0.3 is 11.1 Å². The molecule has 3 heteroatoms. The molecule has 0 amide bonds. The van der Waals surface area contributed by atoms with Crippen LogP contribution in [0.1, 0.15) is 30.2 Å². The van der Waals surface area contributed by atoms with E-state index in [4.69, 9.17) is 5.73 Å². The van der Waals surface area contributed by atoms with Gasteiger partial charge in [0.15, 0.2) is 0 Å². The van der Waals surface area contributed by atoms with Crippen LogP contribution in [0.15, 0.2) is 6.07 Å². The van der Waals surface area contributed by atoms with Crippen LogP contribution < -0.4 is 11.1 Å². The Morgan fingerprint density at radius 2 is 2.14 bits per heavy atom. The quantitative estimate of drug-likeness (QED) is 0.768. The Labute approximate surface area is 85.7 Å². The number of aromatic nitrogens is 1. The largest absolute Gasteiger partial charge is 0.370 e. The predicted octanol–water partition coefficient (Wildman–Crippen LogP) is 1.98. The molecule has 3 N–H and O–H groups in total. The smallest absolute Gasteiger partial charge is 0.131 e. The molecule has 3 nitrogen and oxygen atoms in total. The van der Waals surface area contributed by atoms with Crippen LogP contribution in [0.2, 0.25) is 0 Å². The number of anilines is 1. The topological polar surface area (TPSA) is 50.9 Å². The zero-order valence-corrected chi connectivity index (χ0v) is 9.22. The number of nitrogens with two attached hydrogens (primary N) is 1. The third-order valence-electron chi connectivity index (χ3n) is 2.22. The van der Waals surface area contributed by atoms with Gasteiger partial charge in [-0.25, -0.2) is 4.98 Å². The number of rotatable bonds is 4. The lowest BCUT2D eigenvalue weighted by Gasteiger charge is -2.12. The molecule has 0 aromatic carbocycles. The highest BCUT2D eigenvalue weighted by atomic mass is 15.0. The molecule has 78 valence electrons. The number of nitrogens with zero attached hydrogens (tertiary/aromatic N) is 1. The van der Waals surface area contributed by atoms with Gasteiger partial charge in [0.25, 0.3) is 0 Å². The summed E-state index contributed by atoms with van der Waals surface area (Å²) in [6.07, 6.45) is 1.10. The number of hydrogen-bond donors (Lipinski definition) is 2. The first-order valence-corrected chi connectivity index (χ1v) is 5.10. The minimum absolute atomic E-state index is 0.547. The number of nitrogens with one attached hydrogen (secondary N) is 1. The molecule has 0 saturated heterocycles. The van der Waals surface area contributed by atoms with Gasteiger partial charge in [-0.1, -0.05) is 6.92 Å². The highest BCUT2D eigenvalue weighted by Crippen LogP contribution is 2.17. The molecular formula is C11H19N3. The van der Waals surface area contributed by atoms with Gasteiger partial charge in [-0.3, -0.25) is 0 Å². The lowest BCUT2D eigenvalue weighted by atomic mass is 10.1. The second-order valence-electron chi connectivity index (χ2n) is 3.54. The molecule has 0 unspecified atom stereocenters. The van der Waals surface area contributed by atoms with E-state index >= 15 is 0 Å². The van der Waals surface area contributed by atoms with Gasteiger partial charge in [0.05, 0.1) is 0 Å². The van der Waals surface area contributed by atoms with Crippen molar-refractivity contribution < 1.29 is 0 Å². The zero-order valence-electron chi connectivity index (χ0n) is 9.22. The average molecular weight is 193 g/mol. The standard InChI is InChI=1S/C11H19N3/c1-4-5-13-11-10(7-12)8(2)6-9(3)14-11/h6H,4-5,7,12H2,1-3H3,(H,13,14). The molecule has 1 aromatic rings. The van der Waals surface area contributed by atoms with E-state index in [1.807, 2.05) is 6.92 Å². The van der Waals surface area contributed by atoms with Crippen molar-refractivity contribution in [2.75, 3.05) is 11.9 Å². The third kappa shape index (κ3) is 2.45. The molecule has 1 heterocycles. The van der Waals surface area contributed by atoms with E-state index in [2.05, 4.69) is 30.2 Å². The molecule has 0 atom stereocenters. The molecular weight excluding hydrogens is 174 g/mol. The summed E-state index contributed by atoms with van der Waals surface area (Å²) in [7, 11) is 0. The van der Waals surface area contributed by atoms with Gasteiger partial charge >= 0.3 is 0 Å². The molecule has 0 aliphatic carbocycles. The predicted molar refractivity (Wildman–Crippen MR) is 60.4 cm³/mol. The van der Waals surface area contributed by atoms with Crippen molar-refractivity contribution in [2.45, 2.75) is 33.7 Å². The van der Waals surface area contributed by atoms with Crippen LogP contribution in [0.5, 0.6) is 0 Å². The Hall–Kier alpha value is -1.09. The molecule has 14 heavy (non-hydrogen) atoms. The lowest BCUT2D eigenvalue weighted by Crippen LogP contribution is -2.10. The summed E-state index contributed by atoms with van der Waals surface area (Å²) in [5, 5.41) is 3.30. The fourth-order valence-corrected chi connectivity index (χ4v) is 1.51. The van der Waals surface area contributed by atoms with Crippen LogP contribution in [-0.4, -0.2) is 11.5 Å².